The molecule has 278 valence electrons. The summed E-state index contributed by atoms with van der Waals surface area (Å²) < 4.78 is 36.2. The molecule has 6 fully saturated rings. The van der Waals surface area contributed by atoms with Crippen LogP contribution in [0.25, 0.3) is 22.2 Å². The molecule has 53 heavy (non-hydrogen) atoms. The average Bonchev–Trinajstić information content (AvgIpc) is 3.86. The van der Waals surface area contributed by atoms with Gasteiger partial charge >= 0.3 is 0 Å². The van der Waals surface area contributed by atoms with Crippen molar-refractivity contribution < 1.29 is 22.7 Å². The molecule has 4 aromatic rings. The number of fused-ring (bicyclic) bond motifs is 3. The summed E-state index contributed by atoms with van der Waals surface area (Å²) in [5.41, 5.74) is 5.44. The third kappa shape index (κ3) is 6.35. The van der Waals surface area contributed by atoms with E-state index in [1.165, 1.54) is 30.4 Å². The van der Waals surface area contributed by atoms with Gasteiger partial charge in [0.15, 0.2) is 0 Å². The molecule has 3 aromatic carbocycles. The van der Waals surface area contributed by atoms with Crippen molar-refractivity contribution in [3.63, 3.8) is 0 Å². The molecule has 10 rings (SSSR count). The number of carbonyl (C=O) groups is 2. The van der Waals surface area contributed by atoms with Gasteiger partial charge in [0.25, 0.3) is 5.91 Å². The van der Waals surface area contributed by atoms with E-state index < -0.39 is 26.6 Å². The number of nitrogens with zero attached hydrogens (tertiary/aromatic N) is 3. The fourth-order valence-electron chi connectivity index (χ4n) is 9.67. The largest absolute Gasteiger partial charge is 0.497 e. The Morgan fingerprint density at radius 1 is 0.868 bits per heavy atom. The minimum absolute atomic E-state index is 0.232. The number of ether oxygens (including phenoxy) is 1. The number of nitrogens with one attached hydrogen (secondary N) is 1. The van der Waals surface area contributed by atoms with Crippen LogP contribution in [0.5, 0.6) is 5.75 Å². The van der Waals surface area contributed by atoms with Gasteiger partial charge in [-0.2, -0.15) is 0 Å². The summed E-state index contributed by atoms with van der Waals surface area (Å²) in [6, 6.07) is 24.9. The fraction of sp³-hybridized carbons (Fsp3) is 0.488. The van der Waals surface area contributed by atoms with E-state index in [0.29, 0.717) is 30.9 Å². The van der Waals surface area contributed by atoms with Crippen LogP contribution in [0.2, 0.25) is 0 Å². The van der Waals surface area contributed by atoms with Crippen molar-refractivity contribution in [3.8, 4) is 17.0 Å². The second-order valence-corrected chi connectivity index (χ2v) is 18.3. The molecule has 9 nitrogen and oxygen atoms in total. The number of amides is 2. The Labute approximate surface area is 312 Å². The van der Waals surface area contributed by atoms with Gasteiger partial charge in [-0.3, -0.25) is 14.5 Å². The summed E-state index contributed by atoms with van der Waals surface area (Å²) in [4.78, 5) is 33.1. The van der Waals surface area contributed by atoms with Crippen LogP contribution in [-0.4, -0.2) is 72.1 Å². The summed E-state index contributed by atoms with van der Waals surface area (Å²) >= 11 is 0. The van der Waals surface area contributed by atoms with Crippen molar-refractivity contribution >= 4 is 32.7 Å². The molecule has 3 aliphatic carbocycles. The number of carbonyl (C=O) groups excluding carboxylic acids is 2. The lowest BCUT2D eigenvalue weighted by Crippen LogP contribution is -2.71. The SMILES string of the molecule is COc1ccc(-c2c(C3CCCCC3)c3ccc(C(=O)NS(=O)(=O)C4CCC4)cc3n2CC2(C(=O)N3C4CC3CN(Cc3ccccc3)C4)CC2)cc1. The Morgan fingerprint density at radius 2 is 1.58 bits per heavy atom. The first-order valence-corrected chi connectivity index (χ1v) is 21.2. The maximum absolute atomic E-state index is 14.7. The van der Waals surface area contributed by atoms with Gasteiger partial charge in [0.2, 0.25) is 15.9 Å². The number of rotatable bonds is 11. The fourth-order valence-corrected chi connectivity index (χ4v) is 11.2. The second-order valence-electron chi connectivity index (χ2n) is 16.4. The van der Waals surface area contributed by atoms with E-state index in [4.69, 9.17) is 4.74 Å². The smallest absolute Gasteiger partial charge is 0.264 e. The molecule has 4 heterocycles. The standard InChI is InChI=1S/C43H50N4O5S/c1-52-35-18-15-31(16-19-35)40-39(30-11-6-3-7-12-30)37-20-17-32(41(48)44-53(50,51)36-13-8-14-36)23-38(37)46(40)28-43(21-22-43)42(49)47-33-24-34(47)27-45(26-33)25-29-9-4-2-5-10-29/h2,4-5,9-10,15-20,23,30,33-34,36H,3,6-8,11-14,21-22,24-28H2,1H3,(H,44,48). The Balaban J connectivity index is 1.09. The first-order chi connectivity index (χ1) is 25.7. The van der Waals surface area contributed by atoms with Crippen LogP contribution < -0.4 is 9.46 Å². The lowest BCUT2D eigenvalue weighted by Gasteiger charge is -2.57. The van der Waals surface area contributed by atoms with Gasteiger partial charge in [-0.15, -0.1) is 0 Å². The number of piperazine rings is 1. The predicted octanol–water partition coefficient (Wildman–Crippen LogP) is 7.24. The van der Waals surface area contributed by atoms with E-state index in [-0.39, 0.29) is 18.0 Å². The van der Waals surface area contributed by atoms with E-state index in [0.717, 1.165) is 86.1 Å². The van der Waals surface area contributed by atoms with Crippen LogP contribution in [-0.2, 0) is 27.9 Å². The molecule has 3 saturated carbocycles. The van der Waals surface area contributed by atoms with E-state index in [2.05, 4.69) is 61.6 Å². The van der Waals surface area contributed by atoms with Gasteiger partial charge in [0, 0.05) is 54.7 Å². The number of piperidine rings is 1. The highest BCUT2D eigenvalue weighted by Crippen LogP contribution is 2.54. The van der Waals surface area contributed by atoms with Crippen molar-refractivity contribution in [2.24, 2.45) is 5.41 Å². The number of hydrogen-bond acceptors (Lipinski definition) is 6. The molecule has 1 aromatic heterocycles. The summed E-state index contributed by atoms with van der Waals surface area (Å²) in [5.74, 6) is 0.795. The minimum Gasteiger partial charge on any atom is -0.497 e. The number of benzene rings is 3. The first kappa shape index (κ1) is 34.6. The Kier molecular flexibility index (Phi) is 8.89. The summed E-state index contributed by atoms with van der Waals surface area (Å²) in [6.07, 6.45) is 10.5. The lowest BCUT2D eigenvalue weighted by molar-refractivity contribution is -0.161. The molecule has 2 amide bonds. The topological polar surface area (TPSA) is 101 Å². The molecule has 0 radical (unpaired) electrons. The Hall–Kier alpha value is -4.15. The monoisotopic (exact) mass is 734 g/mol. The van der Waals surface area contributed by atoms with Crippen molar-refractivity contribution in [2.45, 2.75) is 107 Å². The number of methoxy groups -OCH3 is 1. The van der Waals surface area contributed by atoms with E-state index >= 15 is 0 Å². The van der Waals surface area contributed by atoms with Crippen LogP contribution in [0.1, 0.15) is 98.0 Å². The third-order valence-corrected chi connectivity index (χ3v) is 14.8. The van der Waals surface area contributed by atoms with E-state index in [1.807, 2.05) is 24.3 Å². The van der Waals surface area contributed by atoms with Crippen LogP contribution in [0.15, 0.2) is 72.8 Å². The average molecular weight is 735 g/mol. The van der Waals surface area contributed by atoms with E-state index in [9.17, 15) is 18.0 Å². The van der Waals surface area contributed by atoms with Gasteiger partial charge in [-0.05, 0) is 104 Å². The number of hydrogen-bond donors (Lipinski definition) is 1. The summed E-state index contributed by atoms with van der Waals surface area (Å²) in [5, 5.41) is 0.576. The highest BCUT2D eigenvalue weighted by atomic mass is 32.2. The van der Waals surface area contributed by atoms with E-state index in [1.54, 1.807) is 13.2 Å². The van der Waals surface area contributed by atoms with Gasteiger partial charge in [0.1, 0.15) is 5.75 Å². The van der Waals surface area contributed by atoms with Crippen LogP contribution >= 0.6 is 0 Å². The minimum atomic E-state index is -3.74. The lowest BCUT2D eigenvalue weighted by atomic mass is 9.81. The molecule has 2 unspecified atom stereocenters. The molecule has 10 heteroatoms. The highest BCUT2D eigenvalue weighted by molar-refractivity contribution is 7.90. The number of sulfonamides is 1. The molecule has 2 atom stereocenters. The predicted molar refractivity (Wildman–Crippen MR) is 206 cm³/mol. The molecule has 1 N–H and O–H groups in total. The van der Waals surface area contributed by atoms with Gasteiger partial charge in [-0.1, -0.05) is 62.1 Å². The summed E-state index contributed by atoms with van der Waals surface area (Å²) in [6.45, 7) is 3.21. The second kappa shape index (κ2) is 13.6. The highest BCUT2D eigenvalue weighted by Gasteiger charge is 2.58. The molecule has 0 spiro atoms. The zero-order valence-corrected chi connectivity index (χ0v) is 31.5. The van der Waals surface area contributed by atoms with Crippen molar-refractivity contribution in [1.29, 1.82) is 0 Å². The molecule has 6 aliphatic rings. The van der Waals surface area contributed by atoms with Gasteiger partial charge < -0.3 is 14.2 Å². The normalized spacial score (nSPS) is 22.9. The quantitative estimate of drug-likeness (QED) is 0.174. The van der Waals surface area contributed by atoms with Crippen LogP contribution in [0.4, 0.5) is 0 Å². The van der Waals surface area contributed by atoms with Gasteiger partial charge in [0.05, 0.1) is 23.5 Å². The molecule has 3 aliphatic heterocycles. The third-order valence-electron chi connectivity index (χ3n) is 13.0. The molecular formula is C43H50N4O5S. The molecule has 3 saturated heterocycles. The van der Waals surface area contributed by atoms with Crippen LogP contribution in [0, 0.1) is 5.41 Å². The zero-order chi connectivity index (χ0) is 36.3. The molecular weight excluding hydrogens is 685 g/mol. The Morgan fingerprint density at radius 3 is 2.23 bits per heavy atom. The molecule has 2 bridgehead atoms. The summed E-state index contributed by atoms with van der Waals surface area (Å²) in [7, 11) is -2.07. The van der Waals surface area contributed by atoms with Crippen molar-refractivity contribution in [1.82, 2.24) is 19.1 Å². The van der Waals surface area contributed by atoms with Crippen molar-refractivity contribution in [2.75, 3.05) is 20.2 Å². The number of aromatic nitrogens is 1. The van der Waals surface area contributed by atoms with Gasteiger partial charge in [-0.25, -0.2) is 13.1 Å². The maximum Gasteiger partial charge on any atom is 0.264 e. The van der Waals surface area contributed by atoms with Crippen molar-refractivity contribution in [3.05, 3.63) is 89.5 Å². The van der Waals surface area contributed by atoms with Crippen LogP contribution in [0.3, 0.4) is 0 Å². The first-order valence-electron chi connectivity index (χ1n) is 19.7. The maximum atomic E-state index is 14.7. The zero-order valence-electron chi connectivity index (χ0n) is 30.6. The Bertz CT molecular complexity index is 2120.